The van der Waals surface area contributed by atoms with Gasteiger partial charge in [-0.1, -0.05) is 30.3 Å². The second-order valence-electron chi connectivity index (χ2n) is 6.80. The molecule has 4 aromatic rings. The molecular weight excluding hydrogens is 428 g/mol. The molecule has 5 nitrogen and oxygen atoms in total. The van der Waals surface area contributed by atoms with Crippen LogP contribution >= 0.6 is 22.7 Å². The van der Waals surface area contributed by atoms with Gasteiger partial charge in [0.1, 0.15) is 5.75 Å². The van der Waals surface area contributed by atoms with Gasteiger partial charge in [0, 0.05) is 21.4 Å². The predicted molar refractivity (Wildman–Crippen MR) is 124 cm³/mol. The fraction of sp³-hybridized carbons (Fsp3) is 0.125. The van der Waals surface area contributed by atoms with Gasteiger partial charge >= 0.3 is 0 Å². The largest absolute Gasteiger partial charge is 0.484 e. The van der Waals surface area contributed by atoms with E-state index in [0.29, 0.717) is 23.4 Å². The molecule has 0 aliphatic carbocycles. The normalized spacial score (nSPS) is 10.6. The van der Waals surface area contributed by atoms with E-state index in [1.165, 1.54) is 0 Å². The summed E-state index contributed by atoms with van der Waals surface area (Å²) in [6.45, 7) is 2.34. The zero-order chi connectivity index (χ0) is 21.6. The number of amides is 1. The summed E-state index contributed by atoms with van der Waals surface area (Å²) in [6.07, 6.45) is 0. The number of hydrogen-bond acceptors (Lipinski definition) is 6. The molecule has 1 N–H and O–H groups in total. The second-order valence-corrected chi connectivity index (χ2v) is 9.03. The highest BCUT2D eigenvalue weighted by Gasteiger charge is 2.10. The third-order valence-corrected chi connectivity index (χ3v) is 6.40. The van der Waals surface area contributed by atoms with E-state index in [9.17, 15) is 9.59 Å². The van der Waals surface area contributed by atoms with Crippen molar-refractivity contribution in [3.63, 3.8) is 0 Å². The van der Waals surface area contributed by atoms with E-state index in [-0.39, 0.29) is 18.3 Å². The van der Waals surface area contributed by atoms with Gasteiger partial charge in [0.2, 0.25) is 0 Å². The van der Waals surface area contributed by atoms with Crippen LogP contribution in [0.4, 0.5) is 0 Å². The molecule has 0 saturated heterocycles. The molecule has 4 rings (SSSR count). The number of hydrogen-bond donors (Lipinski definition) is 1. The molecule has 156 valence electrons. The highest BCUT2D eigenvalue weighted by atomic mass is 32.1. The number of rotatable bonds is 8. The van der Waals surface area contributed by atoms with Crippen LogP contribution in [0, 0.1) is 6.92 Å². The molecule has 31 heavy (non-hydrogen) atoms. The standard InChI is InChI=1S/C24H20N2O3S2/c1-16-26-21(15-30-16)22-12-11-20(31-22)13-25-23(27)14-29-19-9-7-18(8-10-19)24(28)17-5-3-2-4-6-17/h2-12,15H,13-14H2,1H3,(H,25,27). The molecule has 2 heterocycles. The number of benzene rings is 2. The molecule has 0 saturated carbocycles. The highest BCUT2D eigenvalue weighted by Crippen LogP contribution is 2.28. The van der Waals surface area contributed by atoms with Crippen molar-refractivity contribution in [3.05, 3.63) is 93.1 Å². The Bertz CT molecular complexity index is 1180. The molecular formula is C24H20N2O3S2. The lowest BCUT2D eigenvalue weighted by Gasteiger charge is -2.08. The summed E-state index contributed by atoms with van der Waals surface area (Å²) in [5.74, 6) is 0.286. The zero-order valence-electron chi connectivity index (χ0n) is 16.8. The van der Waals surface area contributed by atoms with Gasteiger partial charge in [0.15, 0.2) is 12.4 Å². The van der Waals surface area contributed by atoms with Crippen molar-refractivity contribution in [3.8, 4) is 16.3 Å². The lowest BCUT2D eigenvalue weighted by atomic mass is 10.0. The lowest BCUT2D eigenvalue weighted by Crippen LogP contribution is -2.28. The quantitative estimate of drug-likeness (QED) is 0.381. The summed E-state index contributed by atoms with van der Waals surface area (Å²) >= 11 is 3.24. The molecule has 2 aromatic carbocycles. The first kappa shape index (κ1) is 21.0. The number of carbonyl (C=O) groups is 2. The maximum absolute atomic E-state index is 12.4. The van der Waals surface area contributed by atoms with Crippen LogP contribution in [0.3, 0.4) is 0 Å². The van der Waals surface area contributed by atoms with Gasteiger partial charge in [-0.3, -0.25) is 9.59 Å². The van der Waals surface area contributed by atoms with E-state index in [1.807, 2.05) is 42.6 Å². The van der Waals surface area contributed by atoms with Crippen molar-refractivity contribution >= 4 is 34.4 Å². The minimum absolute atomic E-state index is 0.0481. The topological polar surface area (TPSA) is 68.3 Å². The third-order valence-electron chi connectivity index (χ3n) is 4.52. The van der Waals surface area contributed by atoms with Crippen LogP contribution in [0.15, 0.2) is 72.1 Å². The first-order valence-electron chi connectivity index (χ1n) is 9.69. The SMILES string of the molecule is Cc1nc(-c2ccc(CNC(=O)COc3ccc(C(=O)c4ccccc4)cc3)s2)cs1. The van der Waals surface area contributed by atoms with E-state index in [4.69, 9.17) is 4.74 Å². The Balaban J connectivity index is 1.25. The van der Waals surface area contributed by atoms with Crippen molar-refractivity contribution in [1.29, 1.82) is 0 Å². The van der Waals surface area contributed by atoms with Gasteiger partial charge in [-0.15, -0.1) is 22.7 Å². The second kappa shape index (κ2) is 9.68. The molecule has 0 aliphatic heterocycles. The number of aromatic nitrogens is 1. The molecule has 0 spiro atoms. The van der Waals surface area contributed by atoms with E-state index in [0.717, 1.165) is 20.5 Å². The number of aryl methyl sites for hydroxylation is 1. The number of thiophene rings is 1. The minimum atomic E-state index is -0.205. The first-order valence-corrected chi connectivity index (χ1v) is 11.4. The number of carbonyl (C=O) groups excluding carboxylic acids is 2. The molecule has 1 amide bonds. The Morgan fingerprint density at radius 2 is 1.71 bits per heavy atom. The van der Waals surface area contributed by atoms with E-state index < -0.39 is 0 Å². The van der Waals surface area contributed by atoms with E-state index in [2.05, 4.69) is 10.3 Å². The molecule has 0 unspecified atom stereocenters. The van der Waals surface area contributed by atoms with Gasteiger partial charge in [0.05, 0.1) is 22.1 Å². The van der Waals surface area contributed by atoms with Crippen molar-refractivity contribution in [2.75, 3.05) is 6.61 Å². The van der Waals surface area contributed by atoms with E-state index in [1.54, 1.807) is 59.1 Å². The summed E-state index contributed by atoms with van der Waals surface area (Å²) in [7, 11) is 0. The number of nitrogens with zero attached hydrogens (tertiary/aromatic N) is 1. The minimum Gasteiger partial charge on any atom is -0.484 e. The fourth-order valence-corrected chi connectivity index (χ4v) is 4.53. The van der Waals surface area contributed by atoms with Gasteiger partial charge in [-0.05, 0) is 43.3 Å². The summed E-state index contributed by atoms with van der Waals surface area (Å²) in [6, 6.07) is 19.9. The van der Waals surface area contributed by atoms with Crippen molar-refractivity contribution in [1.82, 2.24) is 10.3 Å². The Hall–Kier alpha value is -3.29. The maximum Gasteiger partial charge on any atom is 0.258 e. The van der Waals surface area contributed by atoms with Crippen LogP contribution in [0.1, 0.15) is 25.8 Å². The van der Waals surface area contributed by atoms with Gasteiger partial charge in [-0.2, -0.15) is 0 Å². The fourth-order valence-electron chi connectivity index (χ4n) is 2.93. The average molecular weight is 449 g/mol. The van der Waals surface area contributed by atoms with E-state index >= 15 is 0 Å². The zero-order valence-corrected chi connectivity index (χ0v) is 18.5. The average Bonchev–Trinajstić information content (AvgIpc) is 3.45. The number of ether oxygens (including phenoxy) is 1. The Labute approximate surface area is 188 Å². The van der Waals surface area contributed by atoms with Gasteiger partial charge in [0.25, 0.3) is 5.91 Å². The summed E-state index contributed by atoms with van der Waals surface area (Å²) < 4.78 is 5.55. The molecule has 0 aliphatic rings. The Morgan fingerprint density at radius 1 is 0.968 bits per heavy atom. The van der Waals surface area contributed by atoms with Crippen molar-refractivity contribution in [2.45, 2.75) is 13.5 Å². The first-order chi connectivity index (χ1) is 15.1. The monoisotopic (exact) mass is 448 g/mol. The third kappa shape index (κ3) is 5.45. The summed E-state index contributed by atoms with van der Waals surface area (Å²) in [5, 5.41) is 5.94. The molecule has 0 bridgehead atoms. The van der Waals surface area contributed by atoms with Crippen LogP contribution in [-0.2, 0) is 11.3 Å². The van der Waals surface area contributed by atoms with Crippen molar-refractivity contribution in [2.24, 2.45) is 0 Å². The van der Waals surface area contributed by atoms with Gasteiger partial charge in [-0.25, -0.2) is 4.98 Å². The molecule has 7 heteroatoms. The molecule has 0 radical (unpaired) electrons. The van der Waals surface area contributed by atoms with Crippen LogP contribution < -0.4 is 10.1 Å². The smallest absolute Gasteiger partial charge is 0.258 e. The summed E-state index contributed by atoms with van der Waals surface area (Å²) in [4.78, 5) is 31.2. The number of thiazole rings is 1. The summed E-state index contributed by atoms with van der Waals surface area (Å²) in [5.41, 5.74) is 2.19. The van der Waals surface area contributed by atoms with Crippen LogP contribution in [0.2, 0.25) is 0 Å². The van der Waals surface area contributed by atoms with Crippen LogP contribution in [0.5, 0.6) is 5.75 Å². The predicted octanol–water partition coefficient (Wildman–Crippen LogP) is 5.11. The van der Waals surface area contributed by atoms with Gasteiger partial charge < -0.3 is 10.1 Å². The lowest BCUT2D eigenvalue weighted by molar-refractivity contribution is -0.123. The van der Waals surface area contributed by atoms with Crippen molar-refractivity contribution < 1.29 is 14.3 Å². The van der Waals surface area contributed by atoms with Crippen LogP contribution in [0.25, 0.3) is 10.6 Å². The van der Waals surface area contributed by atoms with Crippen LogP contribution in [-0.4, -0.2) is 23.3 Å². The number of nitrogens with one attached hydrogen (secondary N) is 1. The molecule has 0 fully saturated rings. The Morgan fingerprint density at radius 3 is 2.42 bits per heavy atom. The Kier molecular flexibility index (Phi) is 6.54. The highest BCUT2D eigenvalue weighted by molar-refractivity contribution is 7.16. The molecule has 2 aromatic heterocycles. The maximum atomic E-state index is 12.4. The number of ketones is 1. The molecule has 0 atom stereocenters.